The zero-order valence-corrected chi connectivity index (χ0v) is 21.2. The molecule has 0 spiro atoms. The number of hydrogen-bond donors (Lipinski definition) is 0. The summed E-state index contributed by atoms with van der Waals surface area (Å²) in [6.07, 6.45) is 12.6. The highest BCUT2D eigenvalue weighted by atomic mass is 16.5. The monoisotopic (exact) mass is 432 g/mol. The van der Waals surface area contributed by atoms with Gasteiger partial charge in [0.05, 0.1) is 6.61 Å². The van der Waals surface area contributed by atoms with Crippen LogP contribution in [-0.2, 0) is 14.3 Å². The molecule has 4 aliphatic rings. The van der Waals surface area contributed by atoms with E-state index in [1.807, 2.05) is 20.8 Å². The fourth-order valence-corrected chi connectivity index (χ4v) is 8.72. The van der Waals surface area contributed by atoms with Crippen molar-refractivity contribution in [2.24, 2.45) is 46.3 Å². The summed E-state index contributed by atoms with van der Waals surface area (Å²) >= 11 is 0. The minimum Gasteiger partial charge on any atom is -0.466 e. The van der Waals surface area contributed by atoms with E-state index in [-0.39, 0.29) is 11.4 Å². The Morgan fingerprint density at radius 1 is 1.03 bits per heavy atom. The Bertz CT molecular complexity index is 642. The van der Waals surface area contributed by atoms with Crippen molar-refractivity contribution in [2.75, 3.05) is 6.61 Å². The fourth-order valence-electron chi connectivity index (χ4n) is 8.72. The van der Waals surface area contributed by atoms with Crippen LogP contribution in [-0.4, -0.2) is 18.4 Å². The highest BCUT2D eigenvalue weighted by Crippen LogP contribution is 2.67. The van der Waals surface area contributed by atoms with Gasteiger partial charge in [-0.15, -0.1) is 0 Å². The summed E-state index contributed by atoms with van der Waals surface area (Å²) in [7, 11) is 0. The summed E-state index contributed by atoms with van der Waals surface area (Å²) in [5, 5.41) is 0. The van der Waals surface area contributed by atoms with Crippen LogP contribution < -0.4 is 0 Å². The Hall–Kier alpha value is -0.860. The fraction of sp³-hybridized carbons (Fsp3) is 0.929. The Kier molecular flexibility index (Phi) is 7.96. The van der Waals surface area contributed by atoms with Gasteiger partial charge in [-0.3, -0.25) is 9.59 Å². The lowest BCUT2D eigenvalue weighted by Crippen LogP contribution is -2.56. The Morgan fingerprint density at radius 3 is 2.45 bits per heavy atom. The minimum atomic E-state index is -0.0542. The molecule has 4 fully saturated rings. The van der Waals surface area contributed by atoms with Crippen molar-refractivity contribution in [3.05, 3.63) is 0 Å². The Labute approximate surface area is 191 Å². The molecule has 0 aromatic carbocycles. The molecule has 3 nitrogen and oxygen atoms in total. The van der Waals surface area contributed by atoms with Crippen molar-refractivity contribution in [1.82, 2.24) is 0 Å². The third-order valence-electron chi connectivity index (χ3n) is 10.3. The van der Waals surface area contributed by atoms with Crippen molar-refractivity contribution in [2.45, 2.75) is 112 Å². The van der Waals surface area contributed by atoms with Crippen LogP contribution in [0.3, 0.4) is 0 Å². The van der Waals surface area contributed by atoms with Gasteiger partial charge >= 0.3 is 5.97 Å². The molecule has 0 radical (unpaired) electrons. The van der Waals surface area contributed by atoms with Gasteiger partial charge in [0, 0.05) is 18.8 Å². The molecule has 4 saturated carbocycles. The molecule has 4 aliphatic carbocycles. The van der Waals surface area contributed by atoms with Crippen LogP contribution >= 0.6 is 0 Å². The van der Waals surface area contributed by atoms with Gasteiger partial charge in [0.15, 0.2) is 0 Å². The van der Waals surface area contributed by atoms with Crippen LogP contribution in [0, 0.1) is 46.3 Å². The number of carbonyl (C=O) groups is 2. The first-order valence-corrected chi connectivity index (χ1v) is 13.5. The molecule has 0 aromatic heterocycles. The largest absolute Gasteiger partial charge is 0.466 e. The zero-order chi connectivity index (χ0) is 22.8. The van der Waals surface area contributed by atoms with E-state index in [2.05, 4.69) is 20.8 Å². The maximum absolute atomic E-state index is 13.4. The lowest BCUT2D eigenvalue weighted by molar-refractivity contribution is -0.156. The maximum atomic E-state index is 13.4. The van der Waals surface area contributed by atoms with Crippen molar-refractivity contribution >= 4 is 11.8 Å². The summed E-state index contributed by atoms with van der Waals surface area (Å²) in [6, 6.07) is 0. The SMILES string of the molecule is CC.CCOC(=O)CC[C@@H](C)C1CCC2C3C(=O)CC4CCCCC4(C)C3CCC21C. The van der Waals surface area contributed by atoms with Gasteiger partial charge < -0.3 is 4.74 Å². The lowest BCUT2D eigenvalue weighted by atomic mass is 9.44. The average molecular weight is 433 g/mol. The second kappa shape index (κ2) is 9.96. The van der Waals surface area contributed by atoms with Crippen LogP contribution in [0.15, 0.2) is 0 Å². The first-order valence-electron chi connectivity index (χ1n) is 13.5. The third-order valence-corrected chi connectivity index (χ3v) is 10.3. The molecular weight excluding hydrogens is 384 g/mol. The molecule has 4 rings (SSSR count). The number of carbonyl (C=O) groups excluding carboxylic acids is 2. The average Bonchev–Trinajstić information content (AvgIpc) is 3.11. The van der Waals surface area contributed by atoms with Crippen LogP contribution in [0.5, 0.6) is 0 Å². The molecule has 0 saturated heterocycles. The molecule has 0 N–H and O–H groups in total. The van der Waals surface area contributed by atoms with E-state index in [0.29, 0.717) is 59.7 Å². The van der Waals surface area contributed by atoms with Gasteiger partial charge in [-0.05, 0) is 92.3 Å². The summed E-state index contributed by atoms with van der Waals surface area (Å²) < 4.78 is 5.15. The second-order valence-electron chi connectivity index (χ2n) is 11.4. The molecule has 0 aliphatic heterocycles. The quantitative estimate of drug-likeness (QED) is 0.431. The van der Waals surface area contributed by atoms with Crippen molar-refractivity contribution in [3.8, 4) is 0 Å². The van der Waals surface area contributed by atoms with Crippen LogP contribution in [0.1, 0.15) is 112 Å². The molecule has 0 aromatic rings. The predicted octanol–water partition coefficient (Wildman–Crippen LogP) is 7.22. The highest BCUT2D eigenvalue weighted by Gasteiger charge is 2.62. The molecule has 0 bridgehead atoms. The number of ketones is 1. The molecular formula is C28H48O3. The maximum Gasteiger partial charge on any atom is 0.305 e. The van der Waals surface area contributed by atoms with Crippen LogP contribution in [0.2, 0.25) is 0 Å². The number of ether oxygens (including phenoxy) is 1. The van der Waals surface area contributed by atoms with E-state index in [1.54, 1.807) is 0 Å². The number of hydrogen-bond acceptors (Lipinski definition) is 3. The van der Waals surface area contributed by atoms with E-state index >= 15 is 0 Å². The number of esters is 1. The van der Waals surface area contributed by atoms with Crippen molar-refractivity contribution in [1.29, 1.82) is 0 Å². The minimum absolute atomic E-state index is 0.0542. The van der Waals surface area contributed by atoms with Crippen molar-refractivity contribution < 1.29 is 14.3 Å². The summed E-state index contributed by atoms with van der Waals surface area (Å²) in [4.78, 5) is 25.3. The third kappa shape index (κ3) is 4.36. The lowest BCUT2D eigenvalue weighted by Gasteiger charge is -2.60. The molecule has 31 heavy (non-hydrogen) atoms. The van der Waals surface area contributed by atoms with E-state index in [0.717, 1.165) is 12.8 Å². The van der Waals surface area contributed by atoms with Gasteiger partial charge in [-0.2, -0.15) is 0 Å². The first-order chi connectivity index (χ1) is 14.8. The van der Waals surface area contributed by atoms with E-state index < -0.39 is 0 Å². The zero-order valence-electron chi connectivity index (χ0n) is 21.2. The second-order valence-corrected chi connectivity index (χ2v) is 11.4. The van der Waals surface area contributed by atoms with Gasteiger partial charge in [0.2, 0.25) is 0 Å². The van der Waals surface area contributed by atoms with Crippen LogP contribution in [0.25, 0.3) is 0 Å². The van der Waals surface area contributed by atoms with E-state index in [1.165, 1.54) is 51.4 Å². The molecule has 0 amide bonds. The smallest absolute Gasteiger partial charge is 0.305 e. The van der Waals surface area contributed by atoms with Crippen molar-refractivity contribution in [3.63, 3.8) is 0 Å². The molecule has 7 unspecified atom stereocenters. The van der Waals surface area contributed by atoms with E-state index in [9.17, 15) is 9.59 Å². The number of fused-ring (bicyclic) bond motifs is 5. The first kappa shape index (κ1) is 24.8. The topological polar surface area (TPSA) is 43.4 Å². The summed E-state index contributed by atoms with van der Waals surface area (Å²) in [5.74, 6) is 3.89. The normalized spacial score (nSPS) is 42.4. The molecule has 3 heteroatoms. The standard InChI is InChI=1S/C26H42O3.C2H6/c1-5-29-23(28)12-9-17(2)19-10-11-20-24-21(13-15-26(19,20)4)25(3)14-7-6-8-18(25)16-22(24)27;1-2/h17-21,24H,5-16H2,1-4H3;1-2H3/t17-,18?,19?,20?,21?,24?,25?,26?;/m1./s1. The number of Topliss-reactive ketones (excluding diaryl/α,β-unsaturated/α-hetero) is 1. The molecule has 0 heterocycles. The van der Waals surface area contributed by atoms with E-state index in [4.69, 9.17) is 4.74 Å². The summed E-state index contributed by atoms with van der Waals surface area (Å²) in [6.45, 7) is 13.7. The van der Waals surface area contributed by atoms with Crippen LogP contribution in [0.4, 0.5) is 0 Å². The van der Waals surface area contributed by atoms with Gasteiger partial charge in [0.1, 0.15) is 5.78 Å². The van der Waals surface area contributed by atoms with Gasteiger partial charge in [0.25, 0.3) is 0 Å². The van der Waals surface area contributed by atoms with Gasteiger partial charge in [-0.1, -0.05) is 47.5 Å². The molecule has 8 atom stereocenters. The number of rotatable bonds is 5. The predicted molar refractivity (Wildman–Crippen MR) is 127 cm³/mol. The molecule has 178 valence electrons. The summed E-state index contributed by atoms with van der Waals surface area (Å²) in [5.41, 5.74) is 0.689. The highest BCUT2D eigenvalue weighted by molar-refractivity contribution is 5.83. The van der Waals surface area contributed by atoms with Gasteiger partial charge in [-0.25, -0.2) is 0 Å². The Morgan fingerprint density at radius 2 is 1.74 bits per heavy atom. The Balaban J connectivity index is 0.00000132.